The Labute approximate surface area is 156 Å². The molecule has 0 aliphatic heterocycles. The minimum atomic E-state index is -1.79. The van der Waals surface area contributed by atoms with E-state index < -0.39 is 11.1 Å². The normalized spacial score (nSPS) is 14.2. The molecule has 0 aromatic rings. The van der Waals surface area contributed by atoms with Crippen LogP contribution in [0.1, 0.15) is 117 Å². The second-order valence-corrected chi connectivity index (χ2v) is 7.64. The van der Waals surface area contributed by atoms with Crippen LogP contribution in [0.5, 0.6) is 0 Å². The van der Waals surface area contributed by atoms with Crippen LogP contribution in [0.25, 0.3) is 0 Å². The predicted molar refractivity (Wildman–Crippen MR) is 107 cm³/mol. The third kappa shape index (κ3) is 14.7. The van der Waals surface area contributed by atoms with Crippen LogP contribution in [0, 0.1) is 5.21 Å². The lowest BCUT2D eigenvalue weighted by Gasteiger charge is -2.42. The first-order valence-electron chi connectivity index (χ1n) is 11.0. The summed E-state index contributed by atoms with van der Waals surface area (Å²) >= 11 is 0. The summed E-state index contributed by atoms with van der Waals surface area (Å²) in [6.45, 7) is 4.51. The van der Waals surface area contributed by atoms with Gasteiger partial charge in [-0.25, -0.2) is 0 Å². The number of aliphatic hydroxyl groups is 2. The standard InChI is InChI=1S/C21H45NO3/c1-3-5-6-7-8-9-10-11-12-13-14-15-16-17-18-19-20-22(25,4-2)21(23)24/h21,23-24H,3-20H2,1-2H3. The van der Waals surface area contributed by atoms with Gasteiger partial charge in [-0.1, -0.05) is 96.8 Å². The number of unbranched alkanes of at least 4 members (excludes halogenated alkanes) is 15. The smallest absolute Gasteiger partial charge is 0.303 e. The Balaban J connectivity index is 3.22. The highest BCUT2D eigenvalue weighted by Gasteiger charge is 2.21. The topological polar surface area (TPSA) is 63.5 Å². The SMILES string of the molecule is CCCCCCCCCCCCCCCCCC[N+]([O-])(CC)C(O)O. The van der Waals surface area contributed by atoms with Crippen LogP contribution in [-0.4, -0.2) is 34.4 Å². The van der Waals surface area contributed by atoms with Crippen LogP contribution >= 0.6 is 0 Å². The third-order valence-corrected chi connectivity index (χ3v) is 5.35. The maximum absolute atomic E-state index is 12.0. The maximum atomic E-state index is 12.0. The van der Waals surface area contributed by atoms with Crippen molar-refractivity contribution in [3.63, 3.8) is 0 Å². The zero-order valence-electron chi connectivity index (χ0n) is 17.1. The van der Waals surface area contributed by atoms with Crippen molar-refractivity contribution in [3.8, 4) is 0 Å². The Kier molecular flexibility index (Phi) is 17.2. The van der Waals surface area contributed by atoms with Gasteiger partial charge in [-0.05, 0) is 19.8 Å². The van der Waals surface area contributed by atoms with Crippen molar-refractivity contribution in [2.75, 3.05) is 13.1 Å². The van der Waals surface area contributed by atoms with Crippen molar-refractivity contribution < 1.29 is 14.9 Å². The molecule has 1 unspecified atom stereocenters. The molecule has 0 amide bonds. The minimum absolute atomic E-state index is 0.219. The van der Waals surface area contributed by atoms with E-state index in [9.17, 15) is 5.21 Å². The number of nitrogens with zero attached hydrogens (tertiary/aromatic N) is 1. The largest absolute Gasteiger partial charge is 0.629 e. The number of quaternary nitrogens is 1. The Morgan fingerprint density at radius 2 is 0.920 bits per heavy atom. The summed E-state index contributed by atoms with van der Waals surface area (Å²) in [4.78, 5) is 0. The van der Waals surface area contributed by atoms with Crippen LogP contribution < -0.4 is 0 Å². The average molecular weight is 360 g/mol. The summed E-state index contributed by atoms with van der Waals surface area (Å²) in [6.07, 6.45) is 19.0. The van der Waals surface area contributed by atoms with Gasteiger partial charge in [0.05, 0.1) is 13.1 Å². The molecule has 0 bridgehead atoms. The average Bonchev–Trinajstić information content (AvgIpc) is 2.61. The van der Waals surface area contributed by atoms with Gasteiger partial charge in [0, 0.05) is 0 Å². The van der Waals surface area contributed by atoms with E-state index in [1.807, 2.05) is 0 Å². The second-order valence-electron chi connectivity index (χ2n) is 7.64. The lowest BCUT2D eigenvalue weighted by atomic mass is 10.0. The molecule has 4 nitrogen and oxygen atoms in total. The van der Waals surface area contributed by atoms with Crippen molar-refractivity contribution in [1.29, 1.82) is 0 Å². The summed E-state index contributed by atoms with van der Waals surface area (Å²) in [5, 5.41) is 30.2. The molecule has 0 aromatic heterocycles. The van der Waals surface area contributed by atoms with Gasteiger partial charge in [-0.3, -0.25) is 0 Å². The minimum Gasteiger partial charge on any atom is -0.629 e. The van der Waals surface area contributed by atoms with E-state index in [4.69, 9.17) is 10.2 Å². The highest BCUT2D eigenvalue weighted by molar-refractivity contribution is 4.50. The molecule has 0 heterocycles. The predicted octanol–water partition coefficient (Wildman–Crippen LogP) is 5.85. The van der Waals surface area contributed by atoms with Gasteiger partial charge in [-0.2, -0.15) is 0 Å². The van der Waals surface area contributed by atoms with E-state index in [2.05, 4.69) is 6.92 Å². The molecule has 0 aliphatic rings. The van der Waals surface area contributed by atoms with Crippen molar-refractivity contribution >= 4 is 0 Å². The van der Waals surface area contributed by atoms with Gasteiger partial charge in [0.1, 0.15) is 0 Å². The van der Waals surface area contributed by atoms with E-state index >= 15 is 0 Å². The van der Waals surface area contributed by atoms with E-state index in [1.165, 1.54) is 83.5 Å². The van der Waals surface area contributed by atoms with Crippen molar-refractivity contribution in [3.05, 3.63) is 5.21 Å². The molecule has 0 fully saturated rings. The van der Waals surface area contributed by atoms with Crippen molar-refractivity contribution in [2.45, 2.75) is 123 Å². The van der Waals surface area contributed by atoms with Crippen LogP contribution in [-0.2, 0) is 0 Å². The van der Waals surface area contributed by atoms with E-state index in [-0.39, 0.29) is 6.54 Å². The molecule has 152 valence electrons. The number of hydrogen-bond acceptors (Lipinski definition) is 3. The molecule has 1 atom stereocenters. The Hall–Kier alpha value is -0.160. The molecule has 25 heavy (non-hydrogen) atoms. The van der Waals surface area contributed by atoms with E-state index in [0.717, 1.165) is 19.3 Å². The number of rotatable bonds is 19. The number of hydrogen-bond donors (Lipinski definition) is 2. The van der Waals surface area contributed by atoms with Gasteiger partial charge in [0.25, 0.3) is 0 Å². The quantitative estimate of drug-likeness (QED) is 0.132. The second kappa shape index (κ2) is 17.3. The van der Waals surface area contributed by atoms with Crippen molar-refractivity contribution in [2.24, 2.45) is 0 Å². The zero-order chi connectivity index (χ0) is 18.8. The lowest BCUT2D eigenvalue weighted by Crippen LogP contribution is -2.51. The van der Waals surface area contributed by atoms with Gasteiger partial charge in [-0.15, -0.1) is 0 Å². The Morgan fingerprint density at radius 1 is 0.600 bits per heavy atom. The van der Waals surface area contributed by atoms with Crippen LogP contribution in [0.15, 0.2) is 0 Å². The highest BCUT2D eigenvalue weighted by Crippen LogP contribution is 2.15. The molecular formula is C21H45NO3. The van der Waals surface area contributed by atoms with E-state index in [0.29, 0.717) is 6.54 Å². The van der Waals surface area contributed by atoms with Gasteiger partial charge < -0.3 is 20.1 Å². The van der Waals surface area contributed by atoms with Crippen LogP contribution in [0.3, 0.4) is 0 Å². The Bertz CT molecular complexity index is 274. The molecule has 0 aliphatic carbocycles. The van der Waals surface area contributed by atoms with E-state index in [1.54, 1.807) is 6.92 Å². The van der Waals surface area contributed by atoms with Crippen molar-refractivity contribution in [1.82, 2.24) is 0 Å². The first kappa shape index (κ1) is 24.8. The number of aliphatic hydroxyl groups excluding tert-OH is 1. The van der Waals surface area contributed by atoms with Crippen LogP contribution in [0.4, 0.5) is 0 Å². The molecule has 2 N–H and O–H groups in total. The fourth-order valence-corrected chi connectivity index (χ4v) is 3.36. The Morgan fingerprint density at radius 3 is 1.20 bits per heavy atom. The lowest BCUT2D eigenvalue weighted by molar-refractivity contribution is -0.950. The molecule has 4 heteroatoms. The zero-order valence-corrected chi connectivity index (χ0v) is 17.1. The summed E-state index contributed by atoms with van der Waals surface area (Å²) in [5.74, 6) is 0. The molecule has 0 saturated carbocycles. The first-order chi connectivity index (χ1) is 12.1. The molecule has 0 radical (unpaired) electrons. The maximum Gasteiger partial charge on any atom is 0.303 e. The number of hydroxylamine groups is 3. The summed E-state index contributed by atoms with van der Waals surface area (Å²) in [6, 6.07) is 0. The highest BCUT2D eigenvalue weighted by atomic mass is 16.7. The van der Waals surface area contributed by atoms with Crippen LogP contribution in [0.2, 0.25) is 0 Å². The molecule has 0 rings (SSSR count). The van der Waals surface area contributed by atoms with Gasteiger partial charge in [0.2, 0.25) is 0 Å². The fourth-order valence-electron chi connectivity index (χ4n) is 3.36. The fraction of sp³-hybridized carbons (Fsp3) is 1.00. The molecular weight excluding hydrogens is 314 g/mol. The first-order valence-corrected chi connectivity index (χ1v) is 11.0. The molecule has 0 spiro atoms. The monoisotopic (exact) mass is 359 g/mol. The third-order valence-electron chi connectivity index (χ3n) is 5.35. The molecule has 0 aromatic carbocycles. The summed E-state index contributed by atoms with van der Waals surface area (Å²) in [7, 11) is 0. The summed E-state index contributed by atoms with van der Waals surface area (Å²) in [5.41, 5.74) is 0. The van der Waals surface area contributed by atoms with Gasteiger partial charge in [0.15, 0.2) is 0 Å². The summed E-state index contributed by atoms with van der Waals surface area (Å²) < 4.78 is -0.890. The van der Waals surface area contributed by atoms with Gasteiger partial charge >= 0.3 is 6.41 Å². The molecule has 0 saturated heterocycles.